The van der Waals surface area contributed by atoms with Crippen LogP contribution in [0.2, 0.25) is 0 Å². The van der Waals surface area contributed by atoms with E-state index in [2.05, 4.69) is 19.2 Å². The molecule has 0 radical (unpaired) electrons. The van der Waals surface area contributed by atoms with Crippen molar-refractivity contribution in [2.24, 2.45) is 17.1 Å². The molecule has 13 heavy (non-hydrogen) atoms. The number of hydrogen-bond donors (Lipinski definition) is 2. The first-order chi connectivity index (χ1) is 5.87. The van der Waals surface area contributed by atoms with E-state index in [1.54, 1.807) is 0 Å². The van der Waals surface area contributed by atoms with E-state index >= 15 is 0 Å². The van der Waals surface area contributed by atoms with E-state index in [-0.39, 0.29) is 11.3 Å². The van der Waals surface area contributed by atoms with Crippen LogP contribution in [0.1, 0.15) is 34.1 Å². The minimum Gasteiger partial charge on any atom is -0.356 e. The second kappa shape index (κ2) is 5.22. The summed E-state index contributed by atoms with van der Waals surface area (Å²) in [6, 6.07) is 0. The van der Waals surface area contributed by atoms with E-state index < -0.39 is 0 Å². The van der Waals surface area contributed by atoms with Crippen LogP contribution in [0.3, 0.4) is 0 Å². The first kappa shape index (κ1) is 12.4. The summed E-state index contributed by atoms with van der Waals surface area (Å²) in [5.74, 6) is 0.606. The molecule has 0 aliphatic carbocycles. The molecule has 0 unspecified atom stereocenters. The van der Waals surface area contributed by atoms with E-state index in [1.165, 1.54) is 0 Å². The van der Waals surface area contributed by atoms with Gasteiger partial charge in [-0.15, -0.1) is 0 Å². The van der Waals surface area contributed by atoms with Crippen LogP contribution in [-0.2, 0) is 4.79 Å². The lowest BCUT2D eigenvalue weighted by molar-refractivity contribution is -0.123. The summed E-state index contributed by atoms with van der Waals surface area (Å²) < 4.78 is 0. The Morgan fingerprint density at radius 2 is 2.00 bits per heavy atom. The van der Waals surface area contributed by atoms with Crippen LogP contribution in [0.15, 0.2) is 0 Å². The SMILES string of the molecule is CC(C)CNC(=O)CC(C)(C)CN. The van der Waals surface area contributed by atoms with Crippen molar-refractivity contribution in [3.8, 4) is 0 Å². The van der Waals surface area contributed by atoms with Gasteiger partial charge in [0.15, 0.2) is 0 Å². The fraction of sp³-hybridized carbons (Fsp3) is 0.900. The fourth-order valence-electron chi connectivity index (χ4n) is 0.887. The standard InChI is InChI=1S/C10H22N2O/c1-8(2)6-12-9(13)5-10(3,4)7-11/h8H,5-7,11H2,1-4H3,(H,12,13). The summed E-state index contributed by atoms with van der Waals surface area (Å²) in [5, 5.41) is 2.88. The number of rotatable bonds is 5. The number of amides is 1. The molecule has 0 spiro atoms. The number of carbonyl (C=O) groups excluding carboxylic acids is 1. The molecule has 0 rings (SSSR count). The minimum absolute atomic E-state index is 0.0823. The molecule has 0 aromatic rings. The molecule has 78 valence electrons. The third-order valence-corrected chi connectivity index (χ3v) is 1.90. The van der Waals surface area contributed by atoms with Gasteiger partial charge in [-0.25, -0.2) is 0 Å². The van der Waals surface area contributed by atoms with Crippen LogP contribution in [-0.4, -0.2) is 19.0 Å². The maximum absolute atomic E-state index is 11.4. The zero-order chi connectivity index (χ0) is 10.5. The van der Waals surface area contributed by atoms with Gasteiger partial charge >= 0.3 is 0 Å². The molecule has 3 heteroatoms. The highest BCUT2D eigenvalue weighted by molar-refractivity contribution is 5.76. The average molecular weight is 186 g/mol. The average Bonchev–Trinajstić information content (AvgIpc) is 2.00. The van der Waals surface area contributed by atoms with Gasteiger partial charge < -0.3 is 11.1 Å². The monoisotopic (exact) mass is 186 g/mol. The Labute approximate surface area is 81.1 Å². The van der Waals surface area contributed by atoms with Gasteiger partial charge in [-0.2, -0.15) is 0 Å². The van der Waals surface area contributed by atoms with Gasteiger partial charge in [-0.3, -0.25) is 4.79 Å². The Morgan fingerprint density at radius 3 is 2.38 bits per heavy atom. The molecule has 0 fully saturated rings. The quantitative estimate of drug-likeness (QED) is 0.676. The molecule has 0 aliphatic rings. The first-order valence-corrected chi connectivity index (χ1v) is 4.84. The van der Waals surface area contributed by atoms with Crippen molar-refractivity contribution in [2.45, 2.75) is 34.1 Å². The van der Waals surface area contributed by atoms with Crippen molar-refractivity contribution in [3.63, 3.8) is 0 Å². The smallest absolute Gasteiger partial charge is 0.220 e. The van der Waals surface area contributed by atoms with Crippen LogP contribution in [0.4, 0.5) is 0 Å². The van der Waals surface area contributed by atoms with Gasteiger partial charge in [0, 0.05) is 13.0 Å². The van der Waals surface area contributed by atoms with E-state index in [1.807, 2.05) is 13.8 Å². The van der Waals surface area contributed by atoms with Crippen molar-refractivity contribution in [2.75, 3.05) is 13.1 Å². The zero-order valence-corrected chi connectivity index (χ0v) is 9.18. The van der Waals surface area contributed by atoms with Crippen LogP contribution < -0.4 is 11.1 Å². The lowest BCUT2D eigenvalue weighted by atomic mass is 9.89. The maximum atomic E-state index is 11.4. The molecule has 0 heterocycles. The second-order valence-corrected chi connectivity index (χ2v) is 4.74. The Bertz CT molecular complexity index is 164. The molecule has 0 bridgehead atoms. The van der Waals surface area contributed by atoms with E-state index in [9.17, 15) is 4.79 Å². The lowest BCUT2D eigenvalue weighted by Crippen LogP contribution is -2.34. The molecule has 0 aliphatic heterocycles. The molecule has 0 saturated heterocycles. The normalized spacial score (nSPS) is 11.8. The Kier molecular flexibility index (Phi) is 4.99. The third kappa shape index (κ3) is 6.58. The van der Waals surface area contributed by atoms with Gasteiger partial charge in [-0.05, 0) is 17.9 Å². The fourth-order valence-corrected chi connectivity index (χ4v) is 0.887. The predicted octanol–water partition coefficient (Wildman–Crippen LogP) is 1.13. The van der Waals surface area contributed by atoms with Crippen LogP contribution in [0.25, 0.3) is 0 Å². The van der Waals surface area contributed by atoms with Gasteiger partial charge in [0.05, 0.1) is 0 Å². The molecule has 0 aromatic heterocycles. The highest BCUT2D eigenvalue weighted by atomic mass is 16.1. The van der Waals surface area contributed by atoms with E-state index in [4.69, 9.17) is 5.73 Å². The molecule has 3 N–H and O–H groups in total. The maximum Gasteiger partial charge on any atom is 0.220 e. The summed E-state index contributed by atoms with van der Waals surface area (Å²) in [5.41, 5.74) is 5.45. The molecule has 1 amide bonds. The number of nitrogens with two attached hydrogens (primary N) is 1. The molecular weight excluding hydrogens is 164 g/mol. The summed E-state index contributed by atoms with van der Waals surface area (Å²) in [6.45, 7) is 9.45. The highest BCUT2D eigenvalue weighted by Gasteiger charge is 2.19. The topological polar surface area (TPSA) is 55.1 Å². The minimum atomic E-state index is -0.0823. The summed E-state index contributed by atoms with van der Waals surface area (Å²) in [6.07, 6.45) is 0.510. The summed E-state index contributed by atoms with van der Waals surface area (Å²) in [7, 11) is 0. The van der Waals surface area contributed by atoms with Crippen LogP contribution in [0.5, 0.6) is 0 Å². The Balaban J connectivity index is 3.74. The number of hydrogen-bond acceptors (Lipinski definition) is 2. The van der Waals surface area contributed by atoms with Crippen molar-refractivity contribution < 1.29 is 4.79 Å². The van der Waals surface area contributed by atoms with Gasteiger partial charge in [0.1, 0.15) is 0 Å². The van der Waals surface area contributed by atoms with Crippen molar-refractivity contribution in [1.82, 2.24) is 5.32 Å². The largest absolute Gasteiger partial charge is 0.356 e. The predicted molar refractivity (Wildman–Crippen MR) is 55.3 cm³/mol. The second-order valence-electron chi connectivity index (χ2n) is 4.74. The van der Waals surface area contributed by atoms with Gasteiger partial charge in [0.2, 0.25) is 5.91 Å². The number of nitrogens with one attached hydrogen (secondary N) is 1. The van der Waals surface area contributed by atoms with Crippen molar-refractivity contribution >= 4 is 5.91 Å². The summed E-state index contributed by atoms with van der Waals surface area (Å²) >= 11 is 0. The van der Waals surface area contributed by atoms with Gasteiger partial charge in [-0.1, -0.05) is 27.7 Å². The van der Waals surface area contributed by atoms with Gasteiger partial charge in [0.25, 0.3) is 0 Å². The molecule has 0 aromatic carbocycles. The van der Waals surface area contributed by atoms with E-state index in [0.29, 0.717) is 18.9 Å². The third-order valence-electron chi connectivity index (χ3n) is 1.90. The molecule has 0 saturated carbocycles. The highest BCUT2D eigenvalue weighted by Crippen LogP contribution is 2.17. The van der Waals surface area contributed by atoms with Crippen LogP contribution in [0, 0.1) is 11.3 Å². The van der Waals surface area contributed by atoms with Crippen LogP contribution >= 0.6 is 0 Å². The van der Waals surface area contributed by atoms with Crippen molar-refractivity contribution in [1.29, 1.82) is 0 Å². The zero-order valence-electron chi connectivity index (χ0n) is 9.18. The molecular formula is C10H22N2O. The Morgan fingerprint density at radius 1 is 1.46 bits per heavy atom. The molecule has 3 nitrogen and oxygen atoms in total. The lowest BCUT2D eigenvalue weighted by Gasteiger charge is -2.21. The summed E-state index contributed by atoms with van der Waals surface area (Å²) in [4.78, 5) is 11.4. The van der Waals surface area contributed by atoms with E-state index in [0.717, 1.165) is 6.54 Å². The number of carbonyl (C=O) groups is 1. The first-order valence-electron chi connectivity index (χ1n) is 4.84. The van der Waals surface area contributed by atoms with Crippen molar-refractivity contribution in [3.05, 3.63) is 0 Å². The Hall–Kier alpha value is -0.570. The molecule has 0 atom stereocenters.